The molecule has 1 saturated carbocycles. The molecular formula is C12H15NO5. The molecule has 1 fully saturated rings. The maximum absolute atomic E-state index is 11.5. The van der Waals surface area contributed by atoms with E-state index in [1.54, 1.807) is 0 Å². The van der Waals surface area contributed by atoms with Crippen LogP contribution in [-0.4, -0.2) is 32.5 Å². The van der Waals surface area contributed by atoms with Crippen LogP contribution in [0, 0.1) is 0 Å². The van der Waals surface area contributed by atoms with Crippen LogP contribution < -0.4 is 5.43 Å². The standard InChI is InChI=1S/C12H15NO5/c14-7-12(3-1-2-4-12)13-5-8(11(17)18)10(16)9(15)6-13/h5-6,14-15H,1-4,7H2,(H,17,18). The second-order valence-electron chi connectivity index (χ2n) is 4.69. The fourth-order valence-electron chi connectivity index (χ4n) is 2.52. The average Bonchev–Trinajstić information content (AvgIpc) is 2.82. The number of hydrogen-bond donors (Lipinski definition) is 3. The van der Waals surface area contributed by atoms with Crippen LogP contribution in [0.1, 0.15) is 36.0 Å². The first-order chi connectivity index (χ1) is 8.50. The quantitative estimate of drug-likeness (QED) is 0.729. The predicted octanol–water partition coefficient (Wildman–Crippen LogP) is 0.514. The molecule has 0 bridgehead atoms. The number of aromatic nitrogens is 1. The number of aliphatic hydroxyl groups is 1. The van der Waals surface area contributed by atoms with E-state index in [-0.39, 0.29) is 6.61 Å². The van der Waals surface area contributed by atoms with Crippen molar-refractivity contribution in [1.82, 2.24) is 4.57 Å². The third-order valence-corrected chi connectivity index (χ3v) is 3.61. The number of aromatic hydroxyl groups is 1. The minimum Gasteiger partial charge on any atom is -0.503 e. The first kappa shape index (κ1) is 12.6. The molecule has 1 aromatic rings. The molecular weight excluding hydrogens is 238 g/mol. The van der Waals surface area contributed by atoms with Gasteiger partial charge in [-0.2, -0.15) is 0 Å². The molecule has 1 aromatic heterocycles. The number of carbonyl (C=O) groups is 1. The number of rotatable bonds is 3. The van der Waals surface area contributed by atoms with Crippen molar-refractivity contribution in [3.63, 3.8) is 0 Å². The Balaban J connectivity index is 2.58. The molecule has 0 amide bonds. The molecule has 18 heavy (non-hydrogen) atoms. The lowest BCUT2D eigenvalue weighted by Gasteiger charge is -2.30. The SMILES string of the molecule is O=C(O)c1cn(C2(CO)CCCC2)cc(O)c1=O. The zero-order chi connectivity index (χ0) is 13.3. The molecule has 6 nitrogen and oxygen atoms in total. The Morgan fingerprint density at radius 1 is 1.33 bits per heavy atom. The molecule has 1 heterocycles. The maximum Gasteiger partial charge on any atom is 0.341 e. The second-order valence-corrected chi connectivity index (χ2v) is 4.69. The van der Waals surface area contributed by atoms with Gasteiger partial charge in [-0.3, -0.25) is 4.79 Å². The summed E-state index contributed by atoms with van der Waals surface area (Å²) in [7, 11) is 0. The predicted molar refractivity (Wildman–Crippen MR) is 62.9 cm³/mol. The van der Waals surface area contributed by atoms with Gasteiger partial charge in [0.25, 0.3) is 0 Å². The second kappa shape index (κ2) is 4.45. The molecule has 0 saturated heterocycles. The molecule has 2 rings (SSSR count). The van der Waals surface area contributed by atoms with Crippen LogP contribution in [0.25, 0.3) is 0 Å². The van der Waals surface area contributed by atoms with E-state index in [1.165, 1.54) is 17.0 Å². The molecule has 98 valence electrons. The fraction of sp³-hybridized carbons (Fsp3) is 0.500. The Labute approximate surface area is 103 Å². The topological polar surface area (TPSA) is 99.8 Å². The van der Waals surface area contributed by atoms with E-state index >= 15 is 0 Å². The van der Waals surface area contributed by atoms with Gasteiger partial charge in [-0.1, -0.05) is 12.8 Å². The van der Waals surface area contributed by atoms with Gasteiger partial charge in [-0.25, -0.2) is 4.79 Å². The normalized spacial score (nSPS) is 17.8. The fourth-order valence-corrected chi connectivity index (χ4v) is 2.52. The lowest BCUT2D eigenvalue weighted by Crippen LogP contribution is -2.35. The summed E-state index contributed by atoms with van der Waals surface area (Å²) in [5.74, 6) is -1.98. The third-order valence-electron chi connectivity index (χ3n) is 3.61. The van der Waals surface area contributed by atoms with Crippen molar-refractivity contribution in [2.75, 3.05) is 6.61 Å². The molecule has 0 radical (unpaired) electrons. The number of aliphatic hydroxyl groups excluding tert-OH is 1. The third kappa shape index (κ3) is 1.88. The number of aromatic carboxylic acids is 1. The Bertz CT molecular complexity index is 528. The van der Waals surface area contributed by atoms with Gasteiger partial charge in [-0.05, 0) is 12.8 Å². The summed E-state index contributed by atoms with van der Waals surface area (Å²) >= 11 is 0. The van der Waals surface area contributed by atoms with Crippen LogP contribution in [0.3, 0.4) is 0 Å². The van der Waals surface area contributed by atoms with Gasteiger partial charge in [-0.15, -0.1) is 0 Å². The van der Waals surface area contributed by atoms with E-state index < -0.39 is 28.2 Å². The van der Waals surface area contributed by atoms with Crippen LogP contribution in [0.2, 0.25) is 0 Å². The molecule has 6 heteroatoms. The van der Waals surface area contributed by atoms with E-state index in [9.17, 15) is 19.8 Å². The number of carboxylic acid groups (broad SMARTS) is 1. The molecule has 1 aliphatic rings. The van der Waals surface area contributed by atoms with Gasteiger partial charge in [0.2, 0.25) is 5.43 Å². The van der Waals surface area contributed by atoms with Gasteiger partial charge < -0.3 is 19.9 Å². The van der Waals surface area contributed by atoms with E-state index in [0.29, 0.717) is 12.8 Å². The number of nitrogens with zero attached hydrogens (tertiary/aromatic N) is 1. The zero-order valence-electron chi connectivity index (χ0n) is 9.80. The Hall–Kier alpha value is -1.82. The Morgan fingerprint density at radius 2 is 1.94 bits per heavy atom. The summed E-state index contributed by atoms with van der Waals surface area (Å²) in [5, 5.41) is 28.0. The molecule has 0 atom stereocenters. The summed E-state index contributed by atoms with van der Waals surface area (Å²) in [6.45, 7) is -0.144. The highest BCUT2D eigenvalue weighted by Gasteiger charge is 2.35. The molecule has 0 aliphatic heterocycles. The van der Waals surface area contributed by atoms with Gasteiger partial charge >= 0.3 is 5.97 Å². The highest BCUT2D eigenvalue weighted by atomic mass is 16.4. The molecule has 1 aliphatic carbocycles. The average molecular weight is 253 g/mol. The highest BCUT2D eigenvalue weighted by Crippen LogP contribution is 2.36. The summed E-state index contributed by atoms with van der Waals surface area (Å²) in [5.41, 5.74) is -1.98. The smallest absolute Gasteiger partial charge is 0.341 e. The summed E-state index contributed by atoms with van der Waals surface area (Å²) in [6.07, 6.45) is 5.66. The maximum atomic E-state index is 11.5. The van der Waals surface area contributed by atoms with Crippen molar-refractivity contribution in [3.8, 4) is 5.75 Å². The van der Waals surface area contributed by atoms with Crippen molar-refractivity contribution in [3.05, 3.63) is 28.2 Å². The Morgan fingerprint density at radius 3 is 2.44 bits per heavy atom. The van der Waals surface area contributed by atoms with E-state index in [1.807, 2.05) is 0 Å². The van der Waals surface area contributed by atoms with Crippen molar-refractivity contribution < 1.29 is 20.1 Å². The van der Waals surface area contributed by atoms with Crippen LogP contribution in [0.15, 0.2) is 17.2 Å². The van der Waals surface area contributed by atoms with Crippen molar-refractivity contribution in [2.45, 2.75) is 31.2 Å². The first-order valence-electron chi connectivity index (χ1n) is 5.80. The molecule has 0 unspecified atom stereocenters. The minimum atomic E-state index is -1.38. The van der Waals surface area contributed by atoms with Crippen molar-refractivity contribution in [1.29, 1.82) is 0 Å². The van der Waals surface area contributed by atoms with Gasteiger partial charge in [0.1, 0.15) is 5.56 Å². The summed E-state index contributed by atoms with van der Waals surface area (Å²) < 4.78 is 1.47. The van der Waals surface area contributed by atoms with Crippen LogP contribution in [-0.2, 0) is 5.54 Å². The number of carboxylic acids is 1. The Kier molecular flexibility index (Phi) is 3.13. The van der Waals surface area contributed by atoms with Crippen molar-refractivity contribution in [2.24, 2.45) is 0 Å². The van der Waals surface area contributed by atoms with Gasteiger partial charge in [0.05, 0.1) is 18.3 Å². The molecule has 0 aromatic carbocycles. The number of hydrogen-bond acceptors (Lipinski definition) is 4. The van der Waals surface area contributed by atoms with E-state index in [4.69, 9.17) is 5.11 Å². The minimum absolute atomic E-state index is 0.144. The highest BCUT2D eigenvalue weighted by molar-refractivity contribution is 5.87. The first-order valence-corrected chi connectivity index (χ1v) is 5.80. The van der Waals surface area contributed by atoms with E-state index in [2.05, 4.69) is 0 Å². The monoisotopic (exact) mass is 253 g/mol. The molecule has 3 N–H and O–H groups in total. The largest absolute Gasteiger partial charge is 0.503 e. The lowest BCUT2D eigenvalue weighted by atomic mass is 9.98. The number of pyridine rings is 1. The van der Waals surface area contributed by atoms with Crippen molar-refractivity contribution >= 4 is 5.97 Å². The van der Waals surface area contributed by atoms with E-state index in [0.717, 1.165) is 12.8 Å². The van der Waals surface area contributed by atoms with Crippen LogP contribution in [0.4, 0.5) is 0 Å². The van der Waals surface area contributed by atoms with Gasteiger partial charge in [0.15, 0.2) is 5.75 Å². The summed E-state index contributed by atoms with van der Waals surface area (Å²) in [4.78, 5) is 22.4. The van der Waals surface area contributed by atoms with Gasteiger partial charge in [0, 0.05) is 6.20 Å². The van der Waals surface area contributed by atoms with Crippen LogP contribution >= 0.6 is 0 Å². The summed E-state index contributed by atoms with van der Waals surface area (Å²) in [6, 6.07) is 0. The van der Waals surface area contributed by atoms with Crippen LogP contribution in [0.5, 0.6) is 5.75 Å². The molecule has 0 spiro atoms. The lowest BCUT2D eigenvalue weighted by molar-refractivity contribution is 0.0691. The zero-order valence-corrected chi connectivity index (χ0v) is 9.80.